The molecule has 2 rings (SSSR count). The van der Waals surface area contributed by atoms with Crippen molar-refractivity contribution >= 4 is 22.6 Å². The molecule has 0 aliphatic heterocycles. The van der Waals surface area contributed by atoms with Crippen LogP contribution in [0.15, 0.2) is 42.5 Å². The molecule has 0 N–H and O–H groups in total. The van der Waals surface area contributed by atoms with E-state index in [-0.39, 0.29) is 9.32 Å². The van der Waals surface area contributed by atoms with E-state index in [0.717, 1.165) is 0 Å². The molecular weight excluding hydrogens is 375 g/mol. The number of hydrogen-bond donors (Lipinski definition) is 0. The van der Waals surface area contributed by atoms with Crippen molar-refractivity contribution < 1.29 is 22.3 Å². The van der Waals surface area contributed by atoms with Crippen LogP contribution in [0.5, 0.6) is 5.75 Å². The summed E-state index contributed by atoms with van der Waals surface area (Å²) in [6.45, 7) is 0. The van der Waals surface area contributed by atoms with Crippen LogP contribution in [0.1, 0.15) is 0 Å². The molecule has 0 saturated heterocycles. The van der Waals surface area contributed by atoms with Gasteiger partial charge in [0.1, 0.15) is 11.6 Å². The number of halogens is 5. The third-order valence-corrected chi connectivity index (χ3v) is 3.19. The number of alkyl halides is 3. The maximum atomic E-state index is 13.6. The lowest BCUT2D eigenvalue weighted by atomic mass is 10.1. The van der Waals surface area contributed by atoms with Crippen LogP contribution in [0.4, 0.5) is 17.6 Å². The molecule has 2 aromatic rings. The van der Waals surface area contributed by atoms with Crippen LogP contribution in [-0.2, 0) is 0 Å². The van der Waals surface area contributed by atoms with E-state index in [1.807, 2.05) is 0 Å². The molecule has 0 heterocycles. The maximum Gasteiger partial charge on any atom is 0.573 e. The standard InChI is InChI=1S/C13H7F4IO/c14-10-4-2-1-3-9(10)8-5-6-12(11(18)7-8)19-13(15,16)17/h1-7H. The number of ether oxygens (including phenoxy) is 1. The summed E-state index contributed by atoms with van der Waals surface area (Å²) in [5, 5.41) is 0. The van der Waals surface area contributed by atoms with Crippen molar-refractivity contribution in [2.75, 3.05) is 0 Å². The molecule has 0 spiro atoms. The van der Waals surface area contributed by atoms with Gasteiger partial charge in [0.25, 0.3) is 0 Å². The highest BCUT2D eigenvalue weighted by atomic mass is 127. The molecule has 6 heteroatoms. The van der Waals surface area contributed by atoms with Gasteiger partial charge in [0, 0.05) is 5.56 Å². The minimum atomic E-state index is -4.74. The summed E-state index contributed by atoms with van der Waals surface area (Å²) in [5.74, 6) is -0.726. The van der Waals surface area contributed by atoms with Gasteiger partial charge in [-0.2, -0.15) is 0 Å². The maximum absolute atomic E-state index is 13.6. The number of hydrogen-bond acceptors (Lipinski definition) is 1. The van der Waals surface area contributed by atoms with Crippen molar-refractivity contribution in [2.45, 2.75) is 6.36 Å². The van der Waals surface area contributed by atoms with Gasteiger partial charge in [0.15, 0.2) is 0 Å². The minimum absolute atomic E-state index is 0.260. The third kappa shape index (κ3) is 3.59. The summed E-state index contributed by atoms with van der Waals surface area (Å²) in [6.07, 6.45) is -4.74. The average molecular weight is 382 g/mol. The van der Waals surface area contributed by atoms with E-state index in [4.69, 9.17) is 0 Å². The summed E-state index contributed by atoms with van der Waals surface area (Å²) in [4.78, 5) is 0. The molecule has 0 atom stereocenters. The van der Waals surface area contributed by atoms with E-state index >= 15 is 0 Å². The Kier molecular flexibility index (Phi) is 3.98. The zero-order valence-corrected chi connectivity index (χ0v) is 11.5. The molecular formula is C13H7F4IO. The largest absolute Gasteiger partial charge is 0.573 e. The van der Waals surface area contributed by atoms with E-state index in [1.54, 1.807) is 40.8 Å². The van der Waals surface area contributed by atoms with E-state index in [1.165, 1.54) is 24.3 Å². The van der Waals surface area contributed by atoms with Gasteiger partial charge in [0.2, 0.25) is 0 Å². The van der Waals surface area contributed by atoms with Crippen molar-refractivity contribution in [3.8, 4) is 16.9 Å². The highest BCUT2D eigenvalue weighted by Gasteiger charge is 2.31. The highest BCUT2D eigenvalue weighted by Crippen LogP contribution is 2.32. The second-order valence-corrected chi connectivity index (χ2v) is 4.84. The molecule has 0 saturated carbocycles. The lowest BCUT2D eigenvalue weighted by Gasteiger charge is -2.12. The molecule has 19 heavy (non-hydrogen) atoms. The zero-order chi connectivity index (χ0) is 14.0. The first-order valence-electron chi connectivity index (χ1n) is 5.17. The van der Waals surface area contributed by atoms with Crippen LogP contribution in [0.3, 0.4) is 0 Å². The smallest absolute Gasteiger partial charge is 0.405 e. The van der Waals surface area contributed by atoms with Crippen LogP contribution in [0.25, 0.3) is 11.1 Å². The van der Waals surface area contributed by atoms with Gasteiger partial charge in [-0.25, -0.2) is 4.39 Å². The lowest BCUT2D eigenvalue weighted by Crippen LogP contribution is -2.17. The molecule has 1 nitrogen and oxygen atoms in total. The Morgan fingerprint density at radius 1 is 1.00 bits per heavy atom. The van der Waals surface area contributed by atoms with Crippen LogP contribution < -0.4 is 4.74 Å². The SMILES string of the molecule is Fc1ccccc1-c1ccc(OC(F)(F)F)c(I)c1. The molecule has 0 aromatic heterocycles. The minimum Gasteiger partial charge on any atom is -0.405 e. The predicted molar refractivity (Wildman–Crippen MR) is 71.2 cm³/mol. The fourth-order valence-electron chi connectivity index (χ4n) is 1.57. The summed E-state index contributed by atoms with van der Waals surface area (Å²) in [7, 11) is 0. The summed E-state index contributed by atoms with van der Waals surface area (Å²) in [5.41, 5.74) is 0.830. The fourth-order valence-corrected chi connectivity index (χ4v) is 2.20. The second-order valence-electron chi connectivity index (χ2n) is 3.67. The molecule has 0 amide bonds. The summed E-state index contributed by atoms with van der Waals surface area (Å²) < 4.78 is 54.0. The lowest BCUT2D eigenvalue weighted by molar-refractivity contribution is -0.274. The molecule has 0 radical (unpaired) electrons. The van der Waals surface area contributed by atoms with E-state index < -0.39 is 12.2 Å². The van der Waals surface area contributed by atoms with Crippen molar-refractivity contribution in [3.63, 3.8) is 0 Å². The van der Waals surface area contributed by atoms with Gasteiger partial charge in [-0.05, 0) is 46.4 Å². The van der Waals surface area contributed by atoms with Crippen LogP contribution >= 0.6 is 22.6 Å². The second kappa shape index (κ2) is 5.36. The van der Waals surface area contributed by atoms with Crippen molar-refractivity contribution in [1.29, 1.82) is 0 Å². The zero-order valence-electron chi connectivity index (χ0n) is 9.34. The first-order chi connectivity index (χ1) is 8.87. The van der Waals surface area contributed by atoms with Gasteiger partial charge in [-0.1, -0.05) is 24.3 Å². The first-order valence-corrected chi connectivity index (χ1v) is 6.25. The topological polar surface area (TPSA) is 9.23 Å². The first kappa shape index (κ1) is 14.1. The van der Waals surface area contributed by atoms with E-state index in [9.17, 15) is 17.6 Å². The average Bonchev–Trinajstić information content (AvgIpc) is 2.31. The van der Waals surface area contributed by atoms with Crippen molar-refractivity contribution in [2.24, 2.45) is 0 Å². The summed E-state index contributed by atoms with van der Waals surface area (Å²) >= 11 is 1.72. The van der Waals surface area contributed by atoms with Crippen molar-refractivity contribution in [3.05, 3.63) is 51.9 Å². The number of rotatable bonds is 2. The van der Waals surface area contributed by atoms with E-state index in [2.05, 4.69) is 4.74 Å². The molecule has 100 valence electrons. The fraction of sp³-hybridized carbons (Fsp3) is 0.0769. The normalized spacial score (nSPS) is 11.4. The van der Waals surface area contributed by atoms with Gasteiger partial charge >= 0.3 is 6.36 Å². The highest BCUT2D eigenvalue weighted by molar-refractivity contribution is 14.1. The molecule has 0 fully saturated rings. The number of benzene rings is 2. The molecule has 0 aliphatic carbocycles. The Hall–Kier alpha value is -1.31. The Balaban J connectivity index is 2.37. The predicted octanol–water partition coefficient (Wildman–Crippen LogP) is 5.00. The summed E-state index contributed by atoms with van der Waals surface area (Å²) in [6, 6.07) is 10.1. The van der Waals surface area contributed by atoms with Gasteiger partial charge in [-0.15, -0.1) is 13.2 Å². The Morgan fingerprint density at radius 3 is 2.26 bits per heavy atom. The van der Waals surface area contributed by atoms with Crippen LogP contribution in [0.2, 0.25) is 0 Å². The van der Waals surface area contributed by atoms with E-state index in [0.29, 0.717) is 11.1 Å². The Bertz CT molecular complexity index is 595. The van der Waals surface area contributed by atoms with Gasteiger partial charge in [-0.3, -0.25) is 0 Å². The Labute approximate surface area is 120 Å². The molecule has 0 aliphatic rings. The van der Waals surface area contributed by atoms with Gasteiger partial charge in [0.05, 0.1) is 3.57 Å². The quantitative estimate of drug-likeness (QED) is 0.525. The van der Waals surface area contributed by atoms with Crippen LogP contribution in [0, 0.1) is 9.39 Å². The van der Waals surface area contributed by atoms with Crippen molar-refractivity contribution in [1.82, 2.24) is 0 Å². The molecule has 2 aromatic carbocycles. The van der Waals surface area contributed by atoms with Gasteiger partial charge < -0.3 is 4.74 Å². The molecule has 0 bridgehead atoms. The monoisotopic (exact) mass is 382 g/mol. The Morgan fingerprint density at radius 2 is 1.68 bits per heavy atom. The molecule has 0 unspecified atom stereocenters. The third-order valence-electron chi connectivity index (χ3n) is 2.34. The van der Waals surface area contributed by atoms with Crippen LogP contribution in [-0.4, -0.2) is 6.36 Å².